The van der Waals surface area contributed by atoms with Gasteiger partial charge in [-0.2, -0.15) is 0 Å². The van der Waals surface area contributed by atoms with Crippen molar-refractivity contribution < 1.29 is 36.7 Å². The number of carbonyl (C=O) groups is 1. The molecule has 1 fully saturated rings. The lowest BCUT2D eigenvalue weighted by molar-refractivity contribution is -0.274. The van der Waals surface area contributed by atoms with E-state index < -0.39 is 11.8 Å². The third-order valence-electron chi connectivity index (χ3n) is 5.20. The van der Waals surface area contributed by atoms with Crippen LogP contribution in [0.2, 0.25) is 0 Å². The summed E-state index contributed by atoms with van der Waals surface area (Å²) in [6, 6.07) is 11.9. The van der Waals surface area contributed by atoms with Gasteiger partial charge in [-0.1, -0.05) is 5.16 Å². The van der Waals surface area contributed by atoms with Crippen LogP contribution >= 0.6 is 0 Å². The van der Waals surface area contributed by atoms with Gasteiger partial charge in [-0.3, -0.25) is 4.79 Å². The second-order valence-electron chi connectivity index (χ2n) is 7.25. The molecule has 0 radical (unpaired) electrons. The van der Waals surface area contributed by atoms with Crippen molar-refractivity contribution in [2.24, 2.45) is 0 Å². The smallest absolute Gasteiger partial charge is 0.493 e. The third kappa shape index (κ3) is 4.34. The highest BCUT2D eigenvalue weighted by molar-refractivity contribution is 6.01. The van der Waals surface area contributed by atoms with E-state index in [0.29, 0.717) is 47.0 Å². The van der Waals surface area contributed by atoms with Crippen LogP contribution in [-0.4, -0.2) is 31.6 Å². The fraction of sp³-hybridized carbons (Fsp3) is 0.273. The van der Waals surface area contributed by atoms with E-state index in [-0.39, 0.29) is 11.7 Å². The Morgan fingerprint density at radius 1 is 1.03 bits per heavy atom. The summed E-state index contributed by atoms with van der Waals surface area (Å²) in [4.78, 5) is 12.9. The highest BCUT2D eigenvalue weighted by Crippen LogP contribution is 2.49. The molecular formula is C22H19F3N2O5. The average Bonchev–Trinajstić information content (AvgIpc) is 3.43. The molecule has 3 aromatic rings. The Bertz CT molecular complexity index is 1120. The first-order valence-corrected chi connectivity index (χ1v) is 9.61. The first-order chi connectivity index (χ1) is 15.2. The summed E-state index contributed by atoms with van der Waals surface area (Å²) in [5.41, 5.74) is 0.688. The predicted molar refractivity (Wildman–Crippen MR) is 108 cm³/mol. The topological polar surface area (TPSA) is 82.8 Å². The van der Waals surface area contributed by atoms with Gasteiger partial charge in [0.15, 0.2) is 17.3 Å². The molecule has 2 aromatic carbocycles. The van der Waals surface area contributed by atoms with E-state index in [2.05, 4.69) is 15.2 Å². The van der Waals surface area contributed by atoms with Crippen molar-refractivity contribution in [1.29, 1.82) is 0 Å². The Labute approximate surface area is 181 Å². The van der Waals surface area contributed by atoms with Gasteiger partial charge >= 0.3 is 6.36 Å². The number of halogens is 3. The van der Waals surface area contributed by atoms with Crippen molar-refractivity contribution >= 4 is 11.6 Å². The Kier molecular flexibility index (Phi) is 5.45. The summed E-state index contributed by atoms with van der Waals surface area (Å²) < 4.78 is 56.7. The van der Waals surface area contributed by atoms with E-state index in [1.807, 2.05) is 0 Å². The number of carbonyl (C=O) groups excluding carboxylic acids is 1. The monoisotopic (exact) mass is 448 g/mol. The van der Waals surface area contributed by atoms with Crippen molar-refractivity contribution in [3.63, 3.8) is 0 Å². The lowest BCUT2D eigenvalue weighted by Gasteiger charge is -2.13. The molecule has 32 heavy (non-hydrogen) atoms. The molecule has 7 nitrogen and oxygen atoms in total. The maximum Gasteiger partial charge on any atom is 0.573 e. The van der Waals surface area contributed by atoms with Crippen molar-refractivity contribution in [1.82, 2.24) is 5.16 Å². The molecule has 10 heteroatoms. The Hall–Kier alpha value is -3.69. The Morgan fingerprint density at radius 3 is 2.31 bits per heavy atom. The highest BCUT2D eigenvalue weighted by Gasteiger charge is 2.53. The van der Waals surface area contributed by atoms with Crippen molar-refractivity contribution in [2.45, 2.75) is 24.6 Å². The molecule has 0 saturated heterocycles. The Morgan fingerprint density at radius 2 is 1.72 bits per heavy atom. The van der Waals surface area contributed by atoms with Crippen molar-refractivity contribution in [3.05, 3.63) is 54.2 Å². The van der Waals surface area contributed by atoms with Crippen molar-refractivity contribution in [2.75, 3.05) is 19.5 Å². The van der Waals surface area contributed by atoms with Crippen LogP contribution in [0.15, 0.2) is 53.1 Å². The number of ether oxygens (including phenoxy) is 3. The molecule has 1 aliphatic rings. The molecule has 0 atom stereocenters. The maximum absolute atomic E-state index is 12.9. The summed E-state index contributed by atoms with van der Waals surface area (Å²) in [7, 11) is 3.06. The molecule has 1 aromatic heterocycles. The SMILES string of the molecule is COc1ccc(-c2cc(C3(C(=O)Nc4ccc(OC(F)(F)F)cc4)CC3)no2)cc1OC. The van der Waals surface area contributed by atoms with Gasteiger partial charge in [0.1, 0.15) is 5.75 Å². The van der Waals surface area contributed by atoms with Gasteiger partial charge in [0.25, 0.3) is 0 Å². The van der Waals surface area contributed by atoms with Crippen LogP contribution in [0, 0.1) is 0 Å². The normalized spacial score (nSPS) is 14.5. The standard InChI is InChI=1S/C22H19F3N2O5/c1-29-16-8-3-13(11-18(16)30-2)17-12-19(27-32-17)21(9-10-21)20(28)26-14-4-6-15(7-5-14)31-22(23,24)25/h3-8,11-12H,9-10H2,1-2H3,(H,26,28). The quantitative estimate of drug-likeness (QED) is 0.552. The van der Waals surface area contributed by atoms with E-state index in [4.69, 9.17) is 14.0 Å². The van der Waals surface area contributed by atoms with Crippen molar-refractivity contribution in [3.8, 4) is 28.6 Å². The fourth-order valence-corrected chi connectivity index (χ4v) is 3.34. The molecule has 1 aliphatic carbocycles. The number of benzene rings is 2. The summed E-state index contributed by atoms with van der Waals surface area (Å²) in [6.45, 7) is 0. The predicted octanol–water partition coefficient (Wildman–Crippen LogP) is 4.93. The molecule has 4 rings (SSSR count). The van der Waals surface area contributed by atoms with Gasteiger partial charge < -0.3 is 24.1 Å². The Balaban J connectivity index is 1.49. The van der Waals surface area contributed by atoms with Gasteiger partial charge in [-0.05, 0) is 55.3 Å². The fourth-order valence-electron chi connectivity index (χ4n) is 3.34. The zero-order valence-corrected chi connectivity index (χ0v) is 17.2. The van der Waals surface area contributed by atoms with E-state index in [0.717, 1.165) is 12.1 Å². The van der Waals surface area contributed by atoms with Crippen LogP contribution in [0.25, 0.3) is 11.3 Å². The number of alkyl halides is 3. The summed E-state index contributed by atoms with van der Waals surface area (Å²) in [5, 5.41) is 6.81. The maximum atomic E-state index is 12.9. The molecule has 0 spiro atoms. The minimum Gasteiger partial charge on any atom is -0.493 e. The second kappa shape index (κ2) is 8.10. The van der Waals surface area contributed by atoms with Gasteiger partial charge in [-0.15, -0.1) is 13.2 Å². The number of rotatable bonds is 7. The zero-order chi connectivity index (χ0) is 22.9. The van der Waals surface area contributed by atoms with E-state index in [9.17, 15) is 18.0 Å². The third-order valence-corrected chi connectivity index (χ3v) is 5.20. The molecule has 1 N–H and O–H groups in total. The van der Waals surface area contributed by atoms with Gasteiger partial charge in [0, 0.05) is 17.3 Å². The van der Waals surface area contributed by atoms with Crippen LogP contribution in [0.1, 0.15) is 18.5 Å². The van der Waals surface area contributed by atoms with E-state index in [1.165, 1.54) is 26.4 Å². The first kappa shape index (κ1) is 21.5. The molecular weight excluding hydrogens is 429 g/mol. The lowest BCUT2D eigenvalue weighted by atomic mass is 10.00. The van der Waals surface area contributed by atoms with Crippen LogP contribution in [-0.2, 0) is 10.2 Å². The van der Waals surface area contributed by atoms with Gasteiger partial charge in [-0.25, -0.2) is 0 Å². The largest absolute Gasteiger partial charge is 0.573 e. The number of nitrogens with one attached hydrogen (secondary N) is 1. The average molecular weight is 448 g/mol. The number of methoxy groups -OCH3 is 2. The highest BCUT2D eigenvalue weighted by atomic mass is 19.4. The van der Waals surface area contributed by atoms with E-state index >= 15 is 0 Å². The molecule has 0 unspecified atom stereocenters. The second-order valence-corrected chi connectivity index (χ2v) is 7.25. The lowest BCUT2D eigenvalue weighted by Crippen LogP contribution is -2.28. The minimum absolute atomic E-state index is 0.311. The van der Waals surface area contributed by atoms with Crippen LogP contribution < -0.4 is 19.5 Å². The summed E-state index contributed by atoms with van der Waals surface area (Å²) in [5.74, 6) is 0.885. The number of nitrogens with zero attached hydrogens (tertiary/aromatic N) is 1. The molecule has 0 bridgehead atoms. The molecule has 1 saturated carbocycles. The number of amides is 1. The van der Waals surface area contributed by atoms with Gasteiger partial charge in [0.05, 0.1) is 25.3 Å². The first-order valence-electron chi connectivity index (χ1n) is 9.61. The molecule has 0 aliphatic heterocycles. The number of hydrogen-bond donors (Lipinski definition) is 1. The van der Waals surface area contributed by atoms with E-state index in [1.54, 1.807) is 24.3 Å². The summed E-state index contributed by atoms with van der Waals surface area (Å²) in [6.07, 6.45) is -3.63. The number of aromatic nitrogens is 1. The number of anilines is 1. The molecule has 168 valence electrons. The molecule has 1 amide bonds. The molecule has 1 heterocycles. The van der Waals surface area contributed by atoms with Crippen LogP contribution in [0.3, 0.4) is 0 Å². The number of hydrogen-bond acceptors (Lipinski definition) is 6. The van der Waals surface area contributed by atoms with Crippen LogP contribution in [0.4, 0.5) is 18.9 Å². The minimum atomic E-state index is -4.78. The van der Waals surface area contributed by atoms with Gasteiger partial charge in [0.2, 0.25) is 5.91 Å². The zero-order valence-electron chi connectivity index (χ0n) is 17.2. The summed E-state index contributed by atoms with van der Waals surface area (Å²) >= 11 is 0. The van der Waals surface area contributed by atoms with Crippen LogP contribution in [0.5, 0.6) is 17.2 Å².